The molecule has 1 aromatic rings. The van der Waals surface area contributed by atoms with Crippen molar-refractivity contribution in [1.29, 1.82) is 0 Å². The van der Waals surface area contributed by atoms with E-state index in [0.717, 1.165) is 23.2 Å². The Bertz CT molecular complexity index is 429. The number of hydrogen-bond donors (Lipinski definition) is 1. The number of anilines is 1. The molecule has 0 saturated heterocycles. The minimum absolute atomic E-state index is 0.581. The summed E-state index contributed by atoms with van der Waals surface area (Å²) >= 11 is 5.89. The minimum Gasteiger partial charge on any atom is -0.381 e. The largest absolute Gasteiger partial charge is 0.381 e. The maximum atomic E-state index is 5.89. The highest BCUT2D eigenvalue weighted by atomic mass is 35.5. The van der Waals surface area contributed by atoms with Crippen molar-refractivity contribution in [1.82, 2.24) is 4.98 Å². The quantitative estimate of drug-likeness (QED) is 0.818. The SMILES string of the molecule is Cc1nc(Cl)ccc1NC1CCCC(C2CC2)C1. The Morgan fingerprint density at radius 1 is 1.17 bits per heavy atom. The molecular weight excluding hydrogens is 244 g/mol. The molecule has 0 bridgehead atoms. The second kappa shape index (κ2) is 5.08. The molecule has 2 saturated carbocycles. The standard InChI is InChI=1S/C15H21ClN2/c1-10-14(7-8-15(16)17-10)18-13-4-2-3-12(9-13)11-5-6-11/h7-8,11-13,18H,2-6,9H2,1H3. The second-order valence-corrected chi connectivity index (χ2v) is 6.26. The van der Waals surface area contributed by atoms with Gasteiger partial charge in [0, 0.05) is 6.04 Å². The number of aryl methyl sites for hydroxylation is 1. The van der Waals surface area contributed by atoms with Crippen LogP contribution in [0.4, 0.5) is 5.69 Å². The molecule has 2 unspecified atom stereocenters. The number of hydrogen-bond acceptors (Lipinski definition) is 2. The summed E-state index contributed by atoms with van der Waals surface area (Å²) in [6, 6.07) is 4.56. The zero-order valence-corrected chi connectivity index (χ0v) is 11.7. The fourth-order valence-corrected chi connectivity index (χ4v) is 3.45. The number of pyridine rings is 1. The van der Waals surface area contributed by atoms with Gasteiger partial charge in [-0.15, -0.1) is 0 Å². The van der Waals surface area contributed by atoms with Gasteiger partial charge < -0.3 is 5.32 Å². The van der Waals surface area contributed by atoms with Crippen LogP contribution < -0.4 is 5.32 Å². The summed E-state index contributed by atoms with van der Waals surface area (Å²) in [6.45, 7) is 2.02. The Morgan fingerprint density at radius 2 is 2.00 bits per heavy atom. The molecule has 3 rings (SSSR count). The van der Waals surface area contributed by atoms with Crippen molar-refractivity contribution in [3.05, 3.63) is 23.0 Å². The first kappa shape index (κ1) is 12.3. The van der Waals surface area contributed by atoms with E-state index in [9.17, 15) is 0 Å². The topological polar surface area (TPSA) is 24.9 Å². The van der Waals surface area contributed by atoms with Gasteiger partial charge in [0.15, 0.2) is 0 Å². The average molecular weight is 265 g/mol. The Kier molecular flexibility index (Phi) is 3.47. The Balaban J connectivity index is 1.64. The van der Waals surface area contributed by atoms with Crippen LogP contribution in [0.2, 0.25) is 5.15 Å². The van der Waals surface area contributed by atoms with Gasteiger partial charge in [-0.1, -0.05) is 24.4 Å². The zero-order chi connectivity index (χ0) is 12.5. The summed E-state index contributed by atoms with van der Waals surface area (Å²) < 4.78 is 0. The van der Waals surface area contributed by atoms with E-state index in [1.807, 2.05) is 13.0 Å². The van der Waals surface area contributed by atoms with E-state index >= 15 is 0 Å². The normalized spacial score (nSPS) is 28.1. The zero-order valence-electron chi connectivity index (χ0n) is 11.0. The van der Waals surface area contributed by atoms with Crippen molar-refractivity contribution in [2.45, 2.75) is 51.5 Å². The highest BCUT2D eigenvalue weighted by Gasteiger charge is 2.34. The van der Waals surface area contributed by atoms with Crippen LogP contribution in [0.25, 0.3) is 0 Å². The Labute approximate surface area is 114 Å². The molecule has 3 heteroatoms. The predicted octanol–water partition coefficient (Wildman–Crippen LogP) is 4.42. The third-order valence-corrected chi connectivity index (χ3v) is 4.63. The average Bonchev–Trinajstić information content (AvgIpc) is 3.17. The van der Waals surface area contributed by atoms with Crippen molar-refractivity contribution in [3.8, 4) is 0 Å². The summed E-state index contributed by atoms with van der Waals surface area (Å²) in [5.74, 6) is 2.01. The molecular formula is C15H21ClN2. The van der Waals surface area contributed by atoms with Crippen LogP contribution in [-0.2, 0) is 0 Å². The van der Waals surface area contributed by atoms with E-state index in [0.29, 0.717) is 11.2 Å². The molecule has 2 fully saturated rings. The van der Waals surface area contributed by atoms with Crippen LogP contribution in [0.5, 0.6) is 0 Å². The fourth-order valence-electron chi connectivity index (χ4n) is 3.26. The molecule has 1 heterocycles. The van der Waals surface area contributed by atoms with Gasteiger partial charge in [0.1, 0.15) is 5.15 Å². The lowest BCUT2D eigenvalue weighted by molar-refractivity contribution is 0.303. The number of rotatable bonds is 3. The molecule has 2 aliphatic carbocycles. The minimum atomic E-state index is 0.581. The van der Waals surface area contributed by atoms with Crippen molar-refractivity contribution >= 4 is 17.3 Å². The molecule has 1 N–H and O–H groups in total. The number of halogens is 1. The predicted molar refractivity (Wildman–Crippen MR) is 76.1 cm³/mol. The van der Waals surface area contributed by atoms with Crippen molar-refractivity contribution < 1.29 is 0 Å². The molecule has 2 nitrogen and oxygen atoms in total. The molecule has 0 amide bonds. The lowest BCUT2D eigenvalue weighted by Crippen LogP contribution is -2.28. The Hall–Kier alpha value is -0.760. The van der Waals surface area contributed by atoms with Gasteiger partial charge in [0.25, 0.3) is 0 Å². The first-order valence-corrected chi connectivity index (χ1v) is 7.50. The summed E-state index contributed by atoms with van der Waals surface area (Å²) in [5, 5.41) is 4.25. The van der Waals surface area contributed by atoms with E-state index in [1.165, 1.54) is 38.5 Å². The highest BCUT2D eigenvalue weighted by molar-refractivity contribution is 6.29. The van der Waals surface area contributed by atoms with Crippen LogP contribution in [0.3, 0.4) is 0 Å². The first-order chi connectivity index (χ1) is 8.72. The first-order valence-electron chi connectivity index (χ1n) is 7.12. The third kappa shape index (κ3) is 2.80. The molecule has 0 radical (unpaired) electrons. The highest BCUT2D eigenvalue weighted by Crippen LogP contribution is 2.44. The van der Waals surface area contributed by atoms with Crippen LogP contribution >= 0.6 is 11.6 Å². The molecule has 1 aromatic heterocycles. The van der Waals surface area contributed by atoms with Crippen LogP contribution in [0, 0.1) is 18.8 Å². The fraction of sp³-hybridized carbons (Fsp3) is 0.667. The van der Waals surface area contributed by atoms with Gasteiger partial charge >= 0.3 is 0 Å². The maximum Gasteiger partial charge on any atom is 0.129 e. The lowest BCUT2D eigenvalue weighted by atomic mass is 9.82. The van der Waals surface area contributed by atoms with E-state index in [4.69, 9.17) is 11.6 Å². The van der Waals surface area contributed by atoms with Crippen LogP contribution in [0.15, 0.2) is 12.1 Å². The maximum absolute atomic E-state index is 5.89. The Morgan fingerprint density at radius 3 is 2.72 bits per heavy atom. The van der Waals surface area contributed by atoms with Crippen molar-refractivity contribution in [2.75, 3.05) is 5.32 Å². The van der Waals surface area contributed by atoms with E-state index in [1.54, 1.807) is 0 Å². The van der Waals surface area contributed by atoms with Gasteiger partial charge in [-0.05, 0) is 56.6 Å². The van der Waals surface area contributed by atoms with Crippen LogP contribution in [0.1, 0.15) is 44.2 Å². The van der Waals surface area contributed by atoms with Crippen LogP contribution in [-0.4, -0.2) is 11.0 Å². The van der Waals surface area contributed by atoms with E-state index in [-0.39, 0.29) is 0 Å². The molecule has 0 aromatic carbocycles. The van der Waals surface area contributed by atoms with Gasteiger partial charge in [0.05, 0.1) is 11.4 Å². The molecule has 0 spiro atoms. The molecule has 2 aliphatic rings. The molecule has 98 valence electrons. The third-order valence-electron chi connectivity index (χ3n) is 4.41. The lowest BCUT2D eigenvalue weighted by Gasteiger charge is -2.30. The summed E-state index contributed by atoms with van der Waals surface area (Å²) in [5.41, 5.74) is 2.16. The summed E-state index contributed by atoms with van der Waals surface area (Å²) in [6.07, 6.45) is 8.40. The summed E-state index contributed by atoms with van der Waals surface area (Å²) in [4.78, 5) is 4.31. The smallest absolute Gasteiger partial charge is 0.129 e. The molecule has 18 heavy (non-hydrogen) atoms. The van der Waals surface area contributed by atoms with E-state index < -0.39 is 0 Å². The number of nitrogens with one attached hydrogen (secondary N) is 1. The second-order valence-electron chi connectivity index (χ2n) is 5.87. The number of aromatic nitrogens is 1. The van der Waals surface area contributed by atoms with Crippen molar-refractivity contribution in [3.63, 3.8) is 0 Å². The van der Waals surface area contributed by atoms with Crippen molar-refractivity contribution in [2.24, 2.45) is 11.8 Å². The van der Waals surface area contributed by atoms with Gasteiger partial charge in [-0.25, -0.2) is 4.98 Å². The van der Waals surface area contributed by atoms with Gasteiger partial charge in [0.2, 0.25) is 0 Å². The van der Waals surface area contributed by atoms with E-state index in [2.05, 4.69) is 16.4 Å². The monoisotopic (exact) mass is 264 g/mol. The number of nitrogens with zero attached hydrogens (tertiary/aromatic N) is 1. The van der Waals surface area contributed by atoms with Gasteiger partial charge in [-0.3, -0.25) is 0 Å². The molecule has 0 aliphatic heterocycles. The van der Waals surface area contributed by atoms with Gasteiger partial charge in [-0.2, -0.15) is 0 Å². The summed E-state index contributed by atoms with van der Waals surface area (Å²) in [7, 11) is 0. The molecule has 2 atom stereocenters.